The predicted octanol–water partition coefficient (Wildman–Crippen LogP) is -2.21. The zero-order valence-electron chi connectivity index (χ0n) is 9.85. The first-order valence-electron chi connectivity index (χ1n) is 5.72. The van der Waals surface area contributed by atoms with Gasteiger partial charge in [-0.3, -0.25) is 9.36 Å². The summed E-state index contributed by atoms with van der Waals surface area (Å²) in [5.41, 5.74) is 6.13. The highest BCUT2D eigenvalue weighted by atomic mass is 16.6. The third-order valence-corrected chi connectivity index (χ3v) is 3.16. The third-order valence-electron chi connectivity index (χ3n) is 3.16. The average Bonchev–Trinajstić information content (AvgIpc) is 2.94. The van der Waals surface area contributed by atoms with Gasteiger partial charge in [0.05, 0.1) is 12.9 Å². The molecular formula is C10H13N5O4. The van der Waals surface area contributed by atoms with Crippen LogP contribution in [0.3, 0.4) is 0 Å². The fourth-order valence-electron chi connectivity index (χ4n) is 2.16. The van der Waals surface area contributed by atoms with Crippen molar-refractivity contribution in [3.63, 3.8) is 0 Å². The van der Waals surface area contributed by atoms with E-state index in [4.69, 9.17) is 15.6 Å². The summed E-state index contributed by atoms with van der Waals surface area (Å²) in [6, 6.07) is 0. The first-order valence-corrected chi connectivity index (χ1v) is 5.72. The maximum Gasteiger partial charge on any atom is 0.213 e. The number of aliphatic hydroxyl groups excluding tert-OH is 2. The van der Waals surface area contributed by atoms with Gasteiger partial charge in [-0.25, -0.2) is 9.98 Å². The van der Waals surface area contributed by atoms with Crippen LogP contribution in [0.25, 0.3) is 0 Å². The van der Waals surface area contributed by atoms with Crippen LogP contribution in [-0.2, 0) is 9.53 Å². The van der Waals surface area contributed by atoms with Gasteiger partial charge in [-0.2, -0.15) is 0 Å². The molecule has 3 atom stereocenters. The Morgan fingerprint density at radius 2 is 2.42 bits per heavy atom. The van der Waals surface area contributed by atoms with Gasteiger partial charge in [0.1, 0.15) is 36.2 Å². The summed E-state index contributed by atoms with van der Waals surface area (Å²) in [6.45, 7) is -0.158. The average molecular weight is 267 g/mol. The second-order valence-corrected chi connectivity index (χ2v) is 4.28. The highest BCUT2D eigenvalue weighted by Gasteiger charge is 2.44. The molecule has 0 amide bonds. The molecule has 9 nitrogen and oxygen atoms in total. The van der Waals surface area contributed by atoms with E-state index in [1.165, 1.54) is 10.9 Å². The van der Waals surface area contributed by atoms with E-state index in [1.54, 1.807) is 0 Å². The number of amidine groups is 1. The van der Waals surface area contributed by atoms with Gasteiger partial charge < -0.3 is 26.0 Å². The number of ether oxygens (including phenoxy) is 1. The standard InChI is InChI=1S/C10H13N5O4/c11-8-5-9(13-2-12-8)15(3-14-5)10-7(18)6(17)4(1-16)19-10/h3-4,6,10,13,16-17H,1-2H2,(H2,11,12)/t4-,6-,10-/m0/s1. The van der Waals surface area contributed by atoms with E-state index in [0.717, 1.165) is 0 Å². The molecule has 0 aromatic carbocycles. The molecule has 0 unspecified atom stereocenters. The molecule has 3 heterocycles. The molecule has 5 N–H and O–H groups in total. The second-order valence-electron chi connectivity index (χ2n) is 4.28. The number of Topliss-reactive ketones (excluding diaryl/α,β-unsaturated/α-hetero) is 1. The lowest BCUT2D eigenvalue weighted by Gasteiger charge is -2.18. The maximum absolute atomic E-state index is 11.9. The Morgan fingerprint density at radius 3 is 3.11 bits per heavy atom. The molecule has 19 heavy (non-hydrogen) atoms. The van der Waals surface area contributed by atoms with Gasteiger partial charge in [-0.15, -0.1) is 0 Å². The van der Waals surface area contributed by atoms with E-state index in [0.29, 0.717) is 11.5 Å². The number of nitrogens with zero attached hydrogens (tertiary/aromatic N) is 3. The Balaban J connectivity index is 1.96. The Labute approximate surface area is 107 Å². The molecule has 0 radical (unpaired) electrons. The third kappa shape index (κ3) is 1.70. The summed E-state index contributed by atoms with van der Waals surface area (Å²) in [4.78, 5) is 19.9. The number of nitrogens with one attached hydrogen (secondary N) is 1. The van der Waals surface area contributed by atoms with Crippen molar-refractivity contribution >= 4 is 17.4 Å². The van der Waals surface area contributed by atoms with Gasteiger partial charge >= 0.3 is 0 Å². The molecule has 2 aliphatic rings. The Bertz CT molecular complexity index is 554. The van der Waals surface area contributed by atoms with Crippen molar-refractivity contribution in [2.24, 2.45) is 10.7 Å². The molecule has 0 saturated carbocycles. The van der Waals surface area contributed by atoms with Gasteiger partial charge in [0.15, 0.2) is 6.23 Å². The van der Waals surface area contributed by atoms with Gasteiger partial charge in [0, 0.05) is 0 Å². The largest absolute Gasteiger partial charge is 0.394 e. The van der Waals surface area contributed by atoms with Crippen molar-refractivity contribution in [3.05, 3.63) is 12.0 Å². The number of aliphatic hydroxyl groups is 2. The van der Waals surface area contributed by atoms with E-state index in [2.05, 4.69) is 15.3 Å². The van der Waals surface area contributed by atoms with Crippen molar-refractivity contribution in [1.29, 1.82) is 0 Å². The Morgan fingerprint density at radius 1 is 1.63 bits per heavy atom. The van der Waals surface area contributed by atoms with Crippen LogP contribution >= 0.6 is 0 Å². The van der Waals surface area contributed by atoms with E-state index in [9.17, 15) is 9.90 Å². The molecule has 1 fully saturated rings. The van der Waals surface area contributed by atoms with Crippen molar-refractivity contribution in [2.45, 2.75) is 18.4 Å². The number of ketones is 1. The van der Waals surface area contributed by atoms with E-state index < -0.39 is 30.8 Å². The van der Waals surface area contributed by atoms with Crippen LogP contribution in [0.1, 0.15) is 11.9 Å². The van der Waals surface area contributed by atoms with Gasteiger partial charge in [0.25, 0.3) is 0 Å². The second kappa shape index (κ2) is 4.30. The minimum absolute atomic E-state index is 0.275. The molecule has 3 rings (SSSR count). The topological polar surface area (TPSA) is 135 Å². The lowest BCUT2D eigenvalue weighted by molar-refractivity contribution is -0.130. The van der Waals surface area contributed by atoms with Crippen LogP contribution in [0.4, 0.5) is 5.82 Å². The van der Waals surface area contributed by atoms with Crippen molar-refractivity contribution in [2.75, 3.05) is 18.6 Å². The van der Waals surface area contributed by atoms with Gasteiger partial charge in [0.2, 0.25) is 5.78 Å². The van der Waals surface area contributed by atoms with Crippen molar-refractivity contribution < 1.29 is 19.7 Å². The number of imidazole rings is 1. The molecular weight excluding hydrogens is 254 g/mol. The summed E-state index contributed by atoms with van der Waals surface area (Å²) in [7, 11) is 0. The quantitative estimate of drug-likeness (QED) is 0.477. The molecule has 2 aliphatic heterocycles. The normalized spacial score (nSPS) is 29.9. The van der Waals surface area contributed by atoms with Crippen LogP contribution in [0.15, 0.2) is 11.3 Å². The fraction of sp³-hybridized carbons (Fsp3) is 0.500. The first kappa shape index (κ1) is 12.1. The molecule has 0 bridgehead atoms. The SMILES string of the molecule is NC1=NCNc2c1ncn2[C@H]1O[C@@H](CO)[C@H](O)C1=O. The van der Waals surface area contributed by atoms with Crippen LogP contribution < -0.4 is 11.1 Å². The number of aromatic nitrogens is 2. The molecule has 1 aromatic rings. The zero-order chi connectivity index (χ0) is 13.6. The number of nitrogens with two attached hydrogens (primary N) is 1. The van der Waals surface area contributed by atoms with Crippen LogP contribution in [0.5, 0.6) is 0 Å². The lowest BCUT2D eigenvalue weighted by Crippen LogP contribution is -2.29. The minimum Gasteiger partial charge on any atom is -0.394 e. The van der Waals surface area contributed by atoms with Crippen molar-refractivity contribution in [3.8, 4) is 0 Å². The van der Waals surface area contributed by atoms with E-state index in [-0.39, 0.29) is 12.5 Å². The monoisotopic (exact) mass is 267 g/mol. The maximum atomic E-state index is 11.9. The highest BCUT2D eigenvalue weighted by molar-refractivity contribution is 6.01. The number of hydrogen-bond acceptors (Lipinski definition) is 8. The highest BCUT2D eigenvalue weighted by Crippen LogP contribution is 2.30. The number of carbonyl (C=O) groups excluding carboxylic acids is 1. The molecule has 0 spiro atoms. The van der Waals surface area contributed by atoms with E-state index in [1.807, 2.05) is 0 Å². The molecule has 1 aromatic heterocycles. The summed E-state index contributed by atoms with van der Waals surface area (Å²) in [5.74, 6) is 0.260. The summed E-state index contributed by atoms with van der Waals surface area (Å²) < 4.78 is 6.78. The predicted molar refractivity (Wildman–Crippen MR) is 63.5 cm³/mol. The van der Waals surface area contributed by atoms with Gasteiger partial charge in [-0.1, -0.05) is 0 Å². The fourth-order valence-corrected chi connectivity index (χ4v) is 2.16. The number of anilines is 1. The molecule has 0 aliphatic carbocycles. The van der Waals surface area contributed by atoms with Crippen LogP contribution in [-0.4, -0.2) is 56.9 Å². The Hall–Kier alpha value is -1.97. The smallest absolute Gasteiger partial charge is 0.213 e. The molecule has 9 heteroatoms. The minimum atomic E-state index is -1.34. The number of hydrogen-bond donors (Lipinski definition) is 4. The first-order chi connectivity index (χ1) is 9.13. The molecule has 1 saturated heterocycles. The number of rotatable bonds is 2. The van der Waals surface area contributed by atoms with Crippen LogP contribution in [0.2, 0.25) is 0 Å². The van der Waals surface area contributed by atoms with Crippen LogP contribution in [0, 0.1) is 0 Å². The van der Waals surface area contributed by atoms with Crippen molar-refractivity contribution in [1.82, 2.24) is 9.55 Å². The van der Waals surface area contributed by atoms with Gasteiger partial charge in [-0.05, 0) is 0 Å². The van der Waals surface area contributed by atoms with E-state index >= 15 is 0 Å². The number of aliphatic imine (C=N–C) groups is 1. The molecule has 102 valence electrons. The Kier molecular flexibility index (Phi) is 2.73. The summed E-state index contributed by atoms with van der Waals surface area (Å²) in [5, 5.41) is 21.6. The lowest BCUT2D eigenvalue weighted by atomic mass is 10.1. The number of fused-ring (bicyclic) bond motifs is 1. The summed E-state index contributed by atoms with van der Waals surface area (Å²) in [6.07, 6.45) is -1.91. The zero-order valence-corrected chi connectivity index (χ0v) is 9.85. The summed E-state index contributed by atoms with van der Waals surface area (Å²) >= 11 is 0. The number of carbonyl (C=O) groups is 1.